The van der Waals surface area contributed by atoms with E-state index in [0.717, 1.165) is 25.1 Å². The fraction of sp³-hybridized carbons (Fsp3) is 0.429. The topological polar surface area (TPSA) is 37.6 Å². The number of halogens is 1. The number of nitrogens with zero attached hydrogens (tertiary/aromatic N) is 2. The molecule has 1 atom stereocenters. The van der Waals surface area contributed by atoms with Crippen LogP contribution < -0.4 is 0 Å². The van der Waals surface area contributed by atoms with Crippen molar-refractivity contribution >= 4 is 0 Å². The molecule has 0 spiro atoms. The fourth-order valence-corrected chi connectivity index (χ4v) is 3.13. The number of aliphatic hydroxyl groups excluding tert-OH is 1. The van der Waals surface area contributed by atoms with Gasteiger partial charge >= 0.3 is 0 Å². The summed E-state index contributed by atoms with van der Waals surface area (Å²) in [4.78, 5) is 2.27. The minimum absolute atomic E-state index is 0.188. The molecular formula is C21H25FN2O2. The first-order chi connectivity index (χ1) is 12.7. The largest absolute Gasteiger partial charge is 0.389 e. The Balaban J connectivity index is 1.62. The Labute approximate surface area is 154 Å². The lowest BCUT2D eigenvalue weighted by Crippen LogP contribution is -2.36. The first-order valence-electron chi connectivity index (χ1n) is 8.98. The summed E-state index contributed by atoms with van der Waals surface area (Å²) in [7, 11) is 0. The zero-order valence-electron chi connectivity index (χ0n) is 14.9. The molecule has 1 aliphatic carbocycles. The number of hydrogen-bond donors (Lipinski definition) is 1. The van der Waals surface area contributed by atoms with Gasteiger partial charge in [0.15, 0.2) is 0 Å². The average molecular weight is 356 g/mol. The van der Waals surface area contributed by atoms with Crippen molar-refractivity contribution in [3.8, 4) is 12.3 Å². The molecule has 1 unspecified atom stereocenters. The van der Waals surface area contributed by atoms with Crippen LogP contribution in [-0.4, -0.2) is 46.5 Å². The zero-order valence-corrected chi connectivity index (χ0v) is 14.9. The highest BCUT2D eigenvalue weighted by atomic mass is 19.1. The normalized spacial score (nSPS) is 15.2. The molecule has 1 saturated carbocycles. The highest BCUT2D eigenvalue weighted by molar-refractivity contribution is 5.19. The third-order valence-electron chi connectivity index (χ3n) is 4.59. The lowest BCUT2D eigenvalue weighted by Gasteiger charge is -2.25. The molecule has 0 radical (unpaired) electrons. The van der Waals surface area contributed by atoms with Crippen molar-refractivity contribution in [2.45, 2.75) is 38.1 Å². The Morgan fingerprint density at radius 2 is 2.12 bits per heavy atom. The molecule has 1 aromatic heterocycles. The zero-order chi connectivity index (χ0) is 18.4. The first kappa shape index (κ1) is 18.7. The Hall–Kier alpha value is -2.13. The number of rotatable bonds is 10. The summed E-state index contributed by atoms with van der Waals surface area (Å²) in [5.74, 6) is 2.21. The molecule has 2 aromatic rings. The summed E-state index contributed by atoms with van der Waals surface area (Å²) < 4.78 is 21.3. The van der Waals surface area contributed by atoms with Crippen molar-refractivity contribution < 1.29 is 14.2 Å². The second-order valence-corrected chi connectivity index (χ2v) is 6.75. The van der Waals surface area contributed by atoms with Gasteiger partial charge in [0.25, 0.3) is 0 Å². The van der Waals surface area contributed by atoms with Crippen LogP contribution in [0.25, 0.3) is 0 Å². The number of terminal acetylenes is 1. The van der Waals surface area contributed by atoms with Gasteiger partial charge in [0.2, 0.25) is 0 Å². The third kappa shape index (κ3) is 5.18. The van der Waals surface area contributed by atoms with Crippen LogP contribution in [-0.2, 0) is 17.8 Å². The van der Waals surface area contributed by atoms with Crippen molar-refractivity contribution in [3.05, 3.63) is 59.7 Å². The molecule has 0 saturated heterocycles. The molecule has 1 heterocycles. The number of hydrogen-bond acceptors (Lipinski definition) is 3. The number of aliphatic hydroxyl groups is 1. The third-order valence-corrected chi connectivity index (χ3v) is 4.59. The van der Waals surface area contributed by atoms with E-state index in [2.05, 4.69) is 21.5 Å². The Bertz CT molecular complexity index is 748. The van der Waals surface area contributed by atoms with Crippen LogP contribution in [0.3, 0.4) is 0 Å². The van der Waals surface area contributed by atoms with E-state index in [9.17, 15) is 9.50 Å². The standard InChI is InChI=1S/C21H25FN2O2/c1-2-12-26-16-20(25)15-24(18-9-10-18)14-19-7-5-11-23(19)13-17-6-3-4-8-21(17)22/h1,3-8,11,18,20,25H,9-10,12-16H2. The molecule has 1 N–H and O–H groups in total. The minimum Gasteiger partial charge on any atom is -0.389 e. The SMILES string of the molecule is C#CCOCC(O)CN(Cc1cccn1Cc1ccccc1F)C1CC1. The monoisotopic (exact) mass is 356 g/mol. The molecule has 5 heteroatoms. The van der Waals surface area contributed by atoms with Gasteiger partial charge < -0.3 is 14.4 Å². The number of aromatic nitrogens is 1. The van der Waals surface area contributed by atoms with Gasteiger partial charge in [-0.25, -0.2) is 4.39 Å². The van der Waals surface area contributed by atoms with Gasteiger partial charge in [0, 0.05) is 36.6 Å². The van der Waals surface area contributed by atoms with Crippen LogP contribution in [0.2, 0.25) is 0 Å². The smallest absolute Gasteiger partial charge is 0.128 e. The molecule has 3 rings (SSSR count). The van der Waals surface area contributed by atoms with Gasteiger partial charge in [0.1, 0.15) is 12.4 Å². The molecule has 1 fully saturated rings. The predicted molar refractivity (Wildman–Crippen MR) is 99.0 cm³/mol. The second-order valence-electron chi connectivity index (χ2n) is 6.75. The van der Waals surface area contributed by atoms with Gasteiger partial charge in [0.05, 0.1) is 19.3 Å². The van der Waals surface area contributed by atoms with Gasteiger partial charge in [-0.3, -0.25) is 4.90 Å². The lowest BCUT2D eigenvalue weighted by atomic mass is 10.2. The maximum atomic E-state index is 13.9. The molecule has 1 aliphatic rings. The maximum absolute atomic E-state index is 13.9. The molecule has 138 valence electrons. The highest BCUT2D eigenvalue weighted by Crippen LogP contribution is 2.28. The van der Waals surface area contributed by atoms with Crippen molar-refractivity contribution in [1.82, 2.24) is 9.47 Å². The van der Waals surface area contributed by atoms with Crippen LogP contribution in [0.4, 0.5) is 4.39 Å². The Morgan fingerprint density at radius 3 is 2.85 bits per heavy atom. The predicted octanol–water partition coefficient (Wildman–Crippen LogP) is 2.65. The van der Waals surface area contributed by atoms with E-state index in [1.165, 1.54) is 6.07 Å². The fourth-order valence-electron chi connectivity index (χ4n) is 3.13. The van der Waals surface area contributed by atoms with Gasteiger partial charge in [-0.15, -0.1) is 6.42 Å². The summed E-state index contributed by atoms with van der Waals surface area (Å²) in [5, 5.41) is 10.2. The minimum atomic E-state index is -0.570. The highest BCUT2D eigenvalue weighted by Gasteiger charge is 2.30. The van der Waals surface area contributed by atoms with Crippen molar-refractivity contribution in [1.29, 1.82) is 0 Å². The number of ether oxygens (including phenoxy) is 1. The van der Waals surface area contributed by atoms with Crippen LogP contribution in [0.5, 0.6) is 0 Å². The maximum Gasteiger partial charge on any atom is 0.128 e. The van der Waals surface area contributed by atoms with E-state index in [4.69, 9.17) is 11.2 Å². The van der Waals surface area contributed by atoms with Crippen LogP contribution in [0.15, 0.2) is 42.6 Å². The van der Waals surface area contributed by atoms with Crippen molar-refractivity contribution in [2.24, 2.45) is 0 Å². The van der Waals surface area contributed by atoms with E-state index < -0.39 is 6.10 Å². The van der Waals surface area contributed by atoms with Crippen LogP contribution in [0.1, 0.15) is 24.1 Å². The van der Waals surface area contributed by atoms with E-state index in [1.54, 1.807) is 6.07 Å². The summed E-state index contributed by atoms with van der Waals surface area (Å²) >= 11 is 0. The molecule has 26 heavy (non-hydrogen) atoms. The quantitative estimate of drug-likeness (QED) is 0.525. The number of benzene rings is 1. The lowest BCUT2D eigenvalue weighted by molar-refractivity contribution is 0.0238. The van der Waals surface area contributed by atoms with Crippen molar-refractivity contribution in [2.75, 3.05) is 19.8 Å². The van der Waals surface area contributed by atoms with E-state index >= 15 is 0 Å². The van der Waals surface area contributed by atoms with Gasteiger partial charge in [-0.05, 0) is 31.0 Å². The van der Waals surface area contributed by atoms with E-state index in [0.29, 0.717) is 24.7 Å². The molecule has 1 aromatic carbocycles. The average Bonchev–Trinajstić information content (AvgIpc) is 3.39. The molecule has 4 nitrogen and oxygen atoms in total. The Morgan fingerprint density at radius 1 is 1.31 bits per heavy atom. The molecular weight excluding hydrogens is 331 g/mol. The molecule has 0 bridgehead atoms. The van der Waals surface area contributed by atoms with Gasteiger partial charge in [-0.1, -0.05) is 24.1 Å². The molecule has 0 aliphatic heterocycles. The van der Waals surface area contributed by atoms with E-state index in [1.807, 2.05) is 24.4 Å². The Kier molecular flexibility index (Phi) is 6.45. The summed E-state index contributed by atoms with van der Waals surface area (Å²) in [6.07, 6.45) is 8.85. The summed E-state index contributed by atoms with van der Waals surface area (Å²) in [5.41, 5.74) is 1.78. The van der Waals surface area contributed by atoms with Crippen LogP contribution >= 0.6 is 0 Å². The van der Waals surface area contributed by atoms with Gasteiger partial charge in [-0.2, -0.15) is 0 Å². The summed E-state index contributed by atoms with van der Waals surface area (Å²) in [6.45, 7) is 2.22. The first-order valence-corrected chi connectivity index (χ1v) is 8.98. The van der Waals surface area contributed by atoms with Crippen molar-refractivity contribution in [3.63, 3.8) is 0 Å². The molecule has 0 amide bonds. The van der Waals surface area contributed by atoms with E-state index in [-0.39, 0.29) is 19.0 Å². The summed E-state index contributed by atoms with van der Waals surface area (Å²) in [6, 6.07) is 11.4. The second kappa shape index (κ2) is 9.00. The van der Waals surface area contributed by atoms with Crippen LogP contribution in [0, 0.1) is 18.2 Å².